The van der Waals surface area contributed by atoms with Gasteiger partial charge in [-0.05, 0) is 165 Å². The van der Waals surface area contributed by atoms with Gasteiger partial charge >= 0.3 is 0 Å². The Morgan fingerprint density at radius 3 is 1.34 bits per heavy atom. The van der Waals surface area contributed by atoms with E-state index in [0.717, 1.165) is 15.3 Å². The van der Waals surface area contributed by atoms with Crippen LogP contribution in [0.2, 0.25) is 0 Å². The highest BCUT2D eigenvalue weighted by atomic mass is 32.1. The third kappa shape index (κ3) is 6.64. The molecule has 350 valence electrons. The number of hydrogen-bond acceptors (Lipinski definition) is 5. The summed E-state index contributed by atoms with van der Waals surface area (Å²) in [6.07, 6.45) is 1.85. The van der Waals surface area contributed by atoms with E-state index < -0.39 is 10.8 Å². The highest BCUT2D eigenvalue weighted by Gasteiger charge is 2.52. The van der Waals surface area contributed by atoms with Crippen molar-refractivity contribution < 1.29 is 4.79 Å². The molecule has 0 amide bonds. The van der Waals surface area contributed by atoms with Gasteiger partial charge in [0.15, 0.2) is 5.78 Å². The number of thiophene rings is 2. The first-order chi connectivity index (χ1) is 36.1. The molecule has 0 aliphatic heterocycles. The molecule has 3 aliphatic rings. The number of aryl methyl sites for hydroxylation is 4. The van der Waals surface area contributed by atoms with Crippen molar-refractivity contribution in [3.8, 4) is 55.3 Å². The summed E-state index contributed by atoms with van der Waals surface area (Å²) in [5, 5.41) is 22.2. The second-order valence-corrected chi connectivity index (χ2v) is 22.1. The highest BCUT2D eigenvalue weighted by Crippen LogP contribution is 2.63. The zero-order valence-electron chi connectivity index (χ0n) is 41.2. The number of allylic oxidation sites excluding steroid dienone is 3. The lowest BCUT2D eigenvalue weighted by molar-refractivity contribution is 0.104. The second-order valence-electron chi connectivity index (χ2n) is 20.0. The van der Waals surface area contributed by atoms with E-state index >= 15 is 0 Å². The number of nitrogens with zero attached hydrogens (tertiary/aromatic N) is 2. The molecular formula is C69H46N2OS2. The fraction of sp³-hybridized carbons (Fsp3) is 0.0870. The van der Waals surface area contributed by atoms with Crippen LogP contribution in [0, 0.1) is 50.4 Å². The molecule has 74 heavy (non-hydrogen) atoms. The first kappa shape index (κ1) is 45.2. The van der Waals surface area contributed by atoms with Gasteiger partial charge in [0, 0.05) is 31.3 Å². The maximum atomic E-state index is 14.0. The van der Waals surface area contributed by atoms with Gasteiger partial charge in [-0.25, -0.2) is 0 Å². The summed E-state index contributed by atoms with van der Waals surface area (Å²) in [5.74, 6) is -0.184. The molecule has 10 aromatic rings. The lowest BCUT2D eigenvalue weighted by atomic mass is 9.65. The summed E-state index contributed by atoms with van der Waals surface area (Å²) in [4.78, 5) is 17.1. The van der Waals surface area contributed by atoms with Crippen LogP contribution < -0.4 is 0 Å². The maximum absolute atomic E-state index is 14.0. The van der Waals surface area contributed by atoms with E-state index in [2.05, 4.69) is 209 Å². The molecule has 0 saturated heterocycles. The summed E-state index contributed by atoms with van der Waals surface area (Å²) < 4.78 is 0. The topological polar surface area (TPSA) is 64.7 Å². The minimum absolute atomic E-state index is 0.0689. The molecule has 0 spiro atoms. The number of hydrogen-bond donors (Lipinski definition) is 0. The summed E-state index contributed by atoms with van der Waals surface area (Å²) in [7, 11) is 0. The van der Waals surface area contributed by atoms with Crippen LogP contribution in [-0.4, -0.2) is 5.78 Å². The molecule has 0 unspecified atom stereocenters. The van der Waals surface area contributed by atoms with Gasteiger partial charge < -0.3 is 0 Å². The number of fused-ring (bicyclic) bond motifs is 7. The normalized spacial score (nSPS) is 14.7. The van der Waals surface area contributed by atoms with E-state index in [4.69, 9.17) is 0 Å². The lowest BCUT2D eigenvalue weighted by Gasteiger charge is -2.36. The first-order valence-electron chi connectivity index (χ1n) is 24.9. The summed E-state index contributed by atoms with van der Waals surface area (Å²) >= 11 is 3.38. The summed E-state index contributed by atoms with van der Waals surface area (Å²) in [6.45, 7) is 8.65. The Morgan fingerprint density at radius 1 is 0.446 bits per heavy atom. The van der Waals surface area contributed by atoms with E-state index in [1.165, 1.54) is 99.5 Å². The Kier molecular flexibility index (Phi) is 10.5. The van der Waals surface area contributed by atoms with Gasteiger partial charge in [-0.1, -0.05) is 174 Å². The molecule has 13 rings (SSSR count). The fourth-order valence-electron chi connectivity index (χ4n) is 12.3. The molecule has 2 aromatic heterocycles. The molecule has 0 atom stereocenters. The minimum Gasteiger partial charge on any atom is -0.289 e. The predicted molar refractivity (Wildman–Crippen MR) is 304 cm³/mol. The van der Waals surface area contributed by atoms with Gasteiger partial charge in [0.25, 0.3) is 0 Å². The molecule has 0 saturated carbocycles. The van der Waals surface area contributed by atoms with Crippen LogP contribution in [0.4, 0.5) is 0 Å². The largest absolute Gasteiger partial charge is 0.289 e. The van der Waals surface area contributed by atoms with Crippen molar-refractivity contribution in [2.45, 2.75) is 38.5 Å². The molecule has 3 nitrogen and oxygen atoms in total. The van der Waals surface area contributed by atoms with Crippen LogP contribution in [0.25, 0.3) is 54.8 Å². The number of rotatable bonds is 7. The van der Waals surface area contributed by atoms with E-state index in [1.54, 1.807) is 28.7 Å². The number of benzene rings is 8. The van der Waals surface area contributed by atoms with Gasteiger partial charge in [0.05, 0.1) is 10.8 Å². The number of nitriles is 2. The number of Topliss-reactive ketones (excluding diaryl/α,β-unsaturated/α-hetero) is 1. The molecule has 0 fully saturated rings. The Hall–Kier alpha value is -8.71. The van der Waals surface area contributed by atoms with Gasteiger partial charge in [-0.3, -0.25) is 4.79 Å². The Bertz CT molecular complexity index is 4010. The van der Waals surface area contributed by atoms with Gasteiger partial charge in [0.1, 0.15) is 17.7 Å². The monoisotopic (exact) mass is 982 g/mol. The zero-order valence-corrected chi connectivity index (χ0v) is 42.9. The first-order valence-corrected chi connectivity index (χ1v) is 26.6. The highest BCUT2D eigenvalue weighted by molar-refractivity contribution is 7.16. The maximum Gasteiger partial charge on any atom is 0.194 e. The number of carbonyl (C=O) groups excluding carboxylic acids is 1. The Labute approximate surface area is 440 Å². The lowest BCUT2D eigenvalue weighted by Crippen LogP contribution is -2.30. The second kappa shape index (κ2) is 17.2. The summed E-state index contributed by atoms with van der Waals surface area (Å²) in [6, 6.07) is 75.8. The minimum atomic E-state index is -0.706. The third-order valence-corrected chi connectivity index (χ3v) is 17.8. The Morgan fingerprint density at radius 2 is 0.892 bits per heavy atom. The van der Waals surface area contributed by atoms with Crippen molar-refractivity contribution in [3.05, 3.63) is 293 Å². The number of ketones is 1. The zero-order chi connectivity index (χ0) is 50.5. The van der Waals surface area contributed by atoms with Crippen molar-refractivity contribution in [1.29, 1.82) is 10.5 Å². The van der Waals surface area contributed by atoms with Crippen molar-refractivity contribution >= 4 is 40.1 Å². The van der Waals surface area contributed by atoms with Crippen molar-refractivity contribution in [2.75, 3.05) is 0 Å². The van der Waals surface area contributed by atoms with Crippen LogP contribution in [0.15, 0.2) is 211 Å². The van der Waals surface area contributed by atoms with E-state index in [1.807, 2.05) is 30.3 Å². The molecule has 0 N–H and O–H groups in total. The molecule has 2 heterocycles. The van der Waals surface area contributed by atoms with Crippen LogP contribution in [0.5, 0.6) is 0 Å². The quantitative estimate of drug-likeness (QED) is 0.118. The van der Waals surface area contributed by atoms with Crippen molar-refractivity contribution in [1.82, 2.24) is 0 Å². The van der Waals surface area contributed by atoms with Gasteiger partial charge in [-0.2, -0.15) is 10.5 Å². The fourth-order valence-corrected chi connectivity index (χ4v) is 13.9. The van der Waals surface area contributed by atoms with Crippen molar-refractivity contribution in [2.24, 2.45) is 0 Å². The molecule has 0 radical (unpaired) electrons. The van der Waals surface area contributed by atoms with Crippen LogP contribution in [-0.2, 0) is 10.8 Å². The van der Waals surface area contributed by atoms with Crippen LogP contribution >= 0.6 is 22.7 Å². The smallest absolute Gasteiger partial charge is 0.194 e. The molecule has 3 aliphatic carbocycles. The van der Waals surface area contributed by atoms with Crippen LogP contribution in [0.1, 0.15) is 87.6 Å². The number of carbonyl (C=O) groups is 1. The molecule has 0 bridgehead atoms. The standard InChI is InChI=1S/C69H46N2OS2/c1-41-11-21-48(22-12-41)68(49-23-13-42(2)14-24-49)60-34-45(64-10-7-33-73-64)19-30-53(60)57-37-63-58(38-62(57)68)54-31-20-46(35-61(54)69(63,50-25-15-43(3)16-26-50)51-27-17-44(4)18-28-51)65-32-29-52(74-65)36-59-66(47(39-70)40-71)55-8-5-6-9-56(55)67(59)72/h5-38H,1-4H3/b59-36-. The predicted octanol–water partition coefficient (Wildman–Crippen LogP) is 17.2. The van der Waals surface area contributed by atoms with E-state index in [-0.39, 0.29) is 11.4 Å². The SMILES string of the molecule is Cc1ccc(C2(c3ccc(C)cc3)c3cc(-c4cccs4)ccc3-c3cc4c(cc32)-c2ccc(-c3ccc(/C=C5\C(=O)c6ccccc6C5=C(C#N)C#N)s3)cc2C4(c2ccc(C)cc2)c2ccc(C)cc2)cc1. The van der Waals surface area contributed by atoms with Crippen LogP contribution in [0.3, 0.4) is 0 Å². The average molecular weight is 983 g/mol. The van der Waals surface area contributed by atoms with Gasteiger partial charge in [-0.15, -0.1) is 22.7 Å². The summed E-state index contributed by atoms with van der Waals surface area (Å²) in [5.41, 5.74) is 22.3. The van der Waals surface area contributed by atoms with E-state index in [9.17, 15) is 15.3 Å². The third-order valence-electron chi connectivity index (χ3n) is 15.8. The average Bonchev–Trinajstić information content (AvgIpc) is 4.31. The van der Waals surface area contributed by atoms with Crippen molar-refractivity contribution in [3.63, 3.8) is 0 Å². The molecule has 8 aromatic carbocycles. The molecular weight excluding hydrogens is 937 g/mol. The van der Waals surface area contributed by atoms with E-state index in [0.29, 0.717) is 22.3 Å². The van der Waals surface area contributed by atoms with Gasteiger partial charge in [0.2, 0.25) is 0 Å². The Balaban J connectivity index is 1.08. The molecule has 5 heteroatoms.